The predicted octanol–water partition coefficient (Wildman–Crippen LogP) is 1.30. The minimum Gasteiger partial charge on any atom is -0.497 e. The molecule has 1 atom stereocenters. The minimum absolute atomic E-state index is 0.00548. The summed E-state index contributed by atoms with van der Waals surface area (Å²) < 4.78 is 5.22. The maximum absolute atomic E-state index is 13.0. The molecule has 2 aromatic carbocycles. The fourth-order valence-electron chi connectivity index (χ4n) is 4.53. The summed E-state index contributed by atoms with van der Waals surface area (Å²) >= 11 is 0. The molecule has 198 valence electrons. The number of amides is 5. The molecule has 5 amide bonds. The van der Waals surface area contributed by atoms with Crippen LogP contribution in [0.15, 0.2) is 42.5 Å². The third kappa shape index (κ3) is 6.30. The van der Waals surface area contributed by atoms with Crippen molar-refractivity contribution in [1.29, 1.82) is 0 Å². The van der Waals surface area contributed by atoms with Crippen LogP contribution >= 0.6 is 0 Å². The van der Waals surface area contributed by atoms with Gasteiger partial charge >= 0.3 is 6.03 Å². The highest BCUT2D eigenvalue weighted by Gasteiger charge is 2.29. The van der Waals surface area contributed by atoms with Crippen molar-refractivity contribution >= 4 is 24.3 Å². The standard InChI is InChI=1S/C28H31N5O5/c1-3-31-12-14-32(15-13-31)26(35)21-7-4-20(5-8-21)6-10-23(30-28(37)29-19-34)18-33-17-22-9-11-24(38-2)16-25(22)27(33)36/h4-5,7-9,11,16,19,23H,3,12-15,17-18H2,1-2H3,(H2,29,30,34,37)/t23-/m1/s1. The monoisotopic (exact) mass is 517 g/mol. The molecule has 0 radical (unpaired) electrons. The number of benzene rings is 2. The molecule has 2 aromatic rings. The molecule has 4 rings (SSSR count). The number of piperazine rings is 1. The Balaban J connectivity index is 1.44. The van der Waals surface area contributed by atoms with Gasteiger partial charge in [0.15, 0.2) is 0 Å². The van der Waals surface area contributed by atoms with Crippen molar-refractivity contribution in [1.82, 2.24) is 25.3 Å². The number of hydrogen-bond acceptors (Lipinski definition) is 6. The normalized spacial score (nSPS) is 15.7. The first kappa shape index (κ1) is 26.7. The molecule has 2 aliphatic rings. The summed E-state index contributed by atoms with van der Waals surface area (Å²) in [5, 5.41) is 4.66. The average molecular weight is 518 g/mol. The molecule has 0 saturated carbocycles. The van der Waals surface area contributed by atoms with Crippen LogP contribution in [-0.4, -0.2) is 91.4 Å². The Bertz CT molecular complexity index is 1260. The van der Waals surface area contributed by atoms with Gasteiger partial charge in [0.05, 0.1) is 13.7 Å². The van der Waals surface area contributed by atoms with Gasteiger partial charge in [0.2, 0.25) is 6.41 Å². The first-order valence-electron chi connectivity index (χ1n) is 12.5. The molecular weight excluding hydrogens is 486 g/mol. The van der Waals surface area contributed by atoms with Gasteiger partial charge in [0, 0.05) is 49.4 Å². The smallest absolute Gasteiger partial charge is 0.322 e. The number of nitrogens with one attached hydrogen (secondary N) is 2. The molecule has 2 aliphatic heterocycles. The number of carbonyl (C=O) groups excluding carboxylic acids is 4. The third-order valence-electron chi connectivity index (χ3n) is 6.72. The largest absolute Gasteiger partial charge is 0.497 e. The zero-order valence-corrected chi connectivity index (χ0v) is 21.5. The van der Waals surface area contributed by atoms with Crippen molar-refractivity contribution < 1.29 is 23.9 Å². The number of hydrogen-bond donors (Lipinski definition) is 2. The van der Waals surface area contributed by atoms with Crippen LogP contribution in [0.1, 0.15) is 38.8 Å². The van der Waals surface area contributed by atoms with E-state index >= 15 is 0 Å². The van der Waals surface area contributed by atoms with Crippen molar-refractivity contribution in [3.05, 3.63) is 64.7 Å². The molecule has 38 heavy (non-hydrogen) atoms. The molecule has 10 heteroatoms. The van der Waals surface area contributed by atoms with Gasteiger partial charge in [-0.15, -0.1) is 0 Å². The van der Waals surface area contributed by atoms with Crippen LogP contribution < -0.4 is 15.4 Å². The number of ether oxygens (including phenoxy) is 1. The Morgan fingerprint density at radius 2 is 1.84 bits per heavy atom. The molecule has 1 fully saturated rings. The first-order chi connectivity index (χ1) is 18.4. The molecule has 2 heterocycles. The first-order valence-corrected chi connectivity index (χ1v) is 12.5. The van der Waals surface area contributed by atoms with E-state index in [4.69, 9.17) is 4.74 Å². The zero-order valence-electron chi connectivity index (χ0n) is 21.5. The molecule has 0 unspecified atom stereocenters. The van der Waals surface area contributed by atoms with Gasteiger partial charge in [-0.3, -0.25) is 19.7 Å². The number of urea groups is 1. The fraction of sp³-hybridized carbons (Fsp3) is 0.357. The lowest BCUT2D eigenvalue weighted by atomic mass is 10.1. The van der Waals surface area contributed by atoms with E-state index in [1.54, 1.807) is 41.3 Å². The van der Waals surface area contributed by atoms with Crippen LogP contribution in [0.5, 0.6) is 5.75 Å². The predicted molar refractivity (Wildman–Crippen MR) is 141 cm³/mol. The van der Waals surface area contributed by atoms with E-state index < -0.39 is 12.1 Å². The average Bonchev–Trinajstić information content (AvgIpc) is 3.25. The molecule has 0 aromatic heterocycles. The van der Waals surface area contributed by atoms with Crippen LogP contribution in [0.4, 0.5) is 4.79 Å². The minimum atomic E-state index is -0.744. The molecule has 10 nitrogen and oxygen atoms in total. The Kier molecular flexibility index (Phi) is 8.61. The molecule has 0 aliphatic carbocycles. The lowest BCUT2D eigenvalue weighted by Gasteiger charge is -2.34. The van der Waals surface area contributed by atoms with Gasteiger partial charge < -0.3 is 24.8 Å². The number of nitrogens with zero attached hydrogens (tertiary/aromatic N) is 3. The number of carbonyl (C=O) groups is 4. The van der Waals surface area contributed by atoms with Crippen LogP contribution in [0.2, 0.25) is 0 Å². The van der Waals surface area contributed by atoms with E-state index in [9.17, 15) is 19.2 Å². The highest BCUT2D eigenvalue weighted by atomic mass is 16.5. The summed E-state index contributed by atoms with van der Waals surface area (Å²) in [7, 11) is 1.54. The Labute approximate surface area is 221 Å². The maximum atomic E-state index is 13.0. The Hall–Kier alpha value is -4.36. The summed E-state index contributed by atoms with van der Waals surface area (Å²) in [6.45, 7) is 6.74. The van der Waals surface area contributed by atoms with Gasteiger partial charge in [-0.1, -0.05) is 24.8 Å². The SMILES string of the molecule is CCN1CCN(C(=O)c2ccc(C#C[C@H](CN3Cc4ccc(OC)cc4C3=O)NC(=O)NC=O)cc2)CC1. The van der Waals surface area contributed by atoms with E-state index in [0.717, 1.165) is 25.2 Å². The summed E-state index contributed by atoms with van der Waals surface area (Å²) in [4.78, 5) is 54.3. The van der Waals surface area contributed by atoms with E-state index in [1.165, 1.54) is 7.11 Å². The number of rotatable bonds is 7. The van der Waals surface area contributed by atoms with Gasteiger partial charge in [-0.25, -0.2) is 4.79 Å². The second kappa shape index (κ2) is 12.3. The summed E-state index contributed by atoms with van der Waals surface area (Å²) in [5.74, 6) is 6.39. The van der Waals surface area contributed by atoms with E-state index in [1.807, 2.05) is 16.3 Å². The lowest BCUT2D eigenvalue weighted by Crippen LogP contribution is -2.48. The van der Waals surface area contributed by atoms with Crippen LogP contribution in [0, 0.1) is 11.8 Å². The van der Waals surface area contributed by atoms with E-state index in [-0.39, 0.29) is 24.8 Å². The summed E-state index contributed by atoms with van der Waals surface area (Å²) in [5.41, 5.74) is 2.65. The van der Waals surface area contributed by atoms with Gasteiger partial charge in [-0.05, 0) is 48.5 Å². The van der Waals surface area contributed by atoms with Crippen LogP contribution in [0.3, 0.4) is 0 Å². The number of methoxy groups -OCH3 is 1. The van der Waals surface area contributed by atoms with Crippen molar-refractivity contribution in [3.8, 4) is 17.6 Å². The summed E-state index contributed by atoms with van der Waals surface area (Å²) in [6, 6.07) is 10.9. The molecule has 0 spiro atoms. The summed E-state index contributed by atoms with van der Waals surface area (Å²) in [6.07, 6.45) is 0.279. The second-order valence-corrected chi connectivity index (χ2v) is 9.07. The Morgan fingerprint density at radius 1 is 1.11 bits per heavy atom. The zero-order chi connectivity index (χ0) is 27.1. The quantitative estimate of drug-likeness (QED) is 0.423. The number of imide groups is 1. The second-order valence-electron chi connectivity index (χ2n) is 9.07. The number of fused-ring (bicyclic) bond motifs is 1. The van der Waals surface area contributed by atoms with Crippen molar-refractivity contribution in [2.45, 2.75) is 19.5 Å². The van der Waals surface area contributed by atoms with Gasteiger partial charge in [0.1, 0.15) is 11.8 Å². The molecular formula is C28H31N5O5. The van der Waals surface area contributed by atoms with Crippen molar-refractivity contribution in [2.75, 3.05) is 46.4 Å². The fourth-order valence-corrected chi connectivity index (χ4v) is 4.53. The van der Waals surface area contributed by atoms with Crippen LogP contribution in [0.25, 0.3) is 0 Å². The Morgan fingerprint density at radius 3 is 2.50 bits per heavy atom. The highest BCUT2D eigenvalue weighted by Crippen LogP contribution is 2.26. The van der Waals surface area contributed by atoms with Gasteiger partial charge in [-0.2, -0.15) is 0 Å². The van der Waals surface area contributed by atoms with Crippen LogP contribution in [-0.2, 0) is 11.3 Å². The number of likely N-dealkylation sites (N-methyl/N-ethyl adjacent to an activating group) is 1. The van der Waals surface area contributed by atoms with Crippen molar-refractivity contribution in [3.63, 3.8) is 0 Å². The molecule has 2 N–H and O–H groups in total. The highest BCUT2D eigenvalue weighted by molar-refractivity contribution is 5.99. The van der Waals surface area contributed by atoms with Gasteiger partial charge in [0.25, 0.3) is 11.8 Å². The van der Waals surface area contributed by atoms with E-state index in [0.29, 0.717) is 42.1 Å². The third-order valence-corrected chi connectivity index (χ3v) is 6.72. The maximum Gasteiger partial charge on any atom is 0.322 e. The van der Waals surface area contributed by atoms with E-state index in [2.05, 4.69) is 29.0 Å². The molecule has 0 bridgehead atoms. The topological polar surface area (TPSA) is 111 Å². The van der Waals surface area contributed by atoms with Crippen molar-refractivity contribution in [2.24, 2.45) is 0 Å². The lowest BCUT2D eigenvalue weighted by molar-refractivity contribution is -0.108. The molecule has 1 saturated heterocycles.